The zero-order valence-electron chi connectivity index (χ0n) is 8.57. The first kappa shape index (κ1) is 10.0. The van der Waals surface area contributed by atoms with Crippen LogP contribution in [-0.2, 0) is 6.42 Å². The van der Waals surface area contributed by atoms with E-state index in [0.717, 1.165) is 25.0 Å². The van der Waals surface area contributed by atoms with Crippen molar-refractivity contribution in [1.82, 2.24) is 0 Å². The largest absolute Gasteiger partial charge is 0.479 e. The van der Waals surface area contributed by atoms with E-state index in [-0.39, 0.29) is 12.6 Å². The van der Waals surface area contributed by atoms with Gasteiger partial charge in [-0.1, -0.05) is 6.07 Å². The zero-order valence-corrected chi connectivity index (χ0v) is 8.57. The molecule has 78 valence electrons. The Hall–Kier alpha value is -1.53. The summed E-state index contributed by atoms with van der Waals surface area (Å²) >= 11 is 0. The minimum atomic E-state index is 0.0913. The number of ether oxygens (including phenoxy) is 1. The Balaban J connectivity index is 2.24. The van der Waals surface area contributed by atoms with Crippen LogP contribution >= 0.6 is 0 Å². The normalized spacial score (nSPS) is 19.1. The molecule has 1 aliphatic rings. The third-order valence-corrected chi connectivity index (χ3v) is 2.78. The second-order valence-electron chi connectivity index (χ2n) is 3.81. The number of nitriles is 1. The summed E-state index contributed by atoms with van der Waals surface area (Å²) in [7, 11) is 0. The molecule has 0 saturated carbocycles. The first-order valence-electron chi connectivity index (χ1n) is 5.19. The molecular weight excluding hydrogens is 188 g/mol. The molecule has 15 heavy (non-hydrogen) atoms. The highest BCUT2D eigenvalue weighted by atomic mass is 16.5. The second kappa shape index (κ2) is 4.33. The fourth-order valence-corrected chi connectivity index (χ4v) is 2.02. The first-order valence-corrected chi connectivity index (χ1v) is 5.19. The van der Waals surface area contributed by atoms with Crippen molar-refractivity contribution in [3.05, 3.63) is 29.3 Å². The van der Waals surface area contributed by atoms with E-state index in [1.807, 2.05) is 18.2 Å². The van der Waals surface area contributed by atoms with Gasteiger partial charge in [0.2, 0.25) is 0 Å². The molecule has 2 N–H and O–H groups in total. The topological polar surface area (TPSA) is 59.0 Å². The Bertz CT molecular complexity index is 395. The van der Waals surface area contributed by atoms with Crippen LogP contribution in [0.1, 0.15) is 30.0 Å². The average molecular weight is 202 g/mol. The van der Waals surface area contributed by atoms with Crippen LogP contribution in [0.5, 0.6) is 5.75 Å². The van der Waals surface area contributed by atoms with Crippen molar-refractivity contribution < 1.29 is 4.74 Å². The van der Waals surface area contributed by atoms with Crippen LogP contribution in [0, 0.1) is 11.3 Å². The maximum absolute atomic E-state index is 8.42. The molecule has 1 atom stereocenters. The third kappa shape index (κ3) is 2.11. The standard InChI is InChI=1S/C12H14N2O/c13-6-7-15-10-5-4-9-2-1-3-12(14)11(9)8-10/h4-5,8,12H,1-3,7,14H2. The lowest BCUT2D eigenvalue weighted by atomic mass is 9.88. The Morgan fingerprint density at radius 2 is 2.40 bits per heavy atom. The van der Waals surface area contributed by atoms with Gasteiger partial charge >= 0.3 is 0 Å². The molecular formula is C12H14N2O. The molecule has 3 heteroatoms. The van der Waals surface area contributed by atoms with Gasteiger partial charge in [-0.15, -0.1) is 0 Å². The number of hydrogen-bond donors (Lipinski definition) is 1. The molecule has 1 aromatic rings. The van der Waals surface area contributed by atoms with Crippen molar-refractivity contribution in [2.45, 2.75) is 25.3 Å². The van der Waals surface area contributed by atoms with Gasteiger partial charge in [-0.2, -0.15) is 5.26 Å². The number of nitrogens with two attached hydrogens (primary N) is 1. The molecule has 1 aromatic carbocycles. The predicted octanol–water partition coefficient (Wildman–Crippen LogP) is 1.93. The number of rotatable bonds is 2. The van der Waals surface area contributed by atoms with Gasteiger partial charge in [0, 0.05) is 6.04 Å². The molecule has 0 radical (unpaired) electrons. The highest BCUT2D eigenvalue weighted by Crippen LogP contribution is 2.30. The molecule has 0 saturated heterocycles. The van der Waals surface area contributed by atoms with Gasteiger partial charge in [0.1, 0.15) is 11.8 Å². The molecule has 1 unspecified atom stereocenters. The number of nitrogens with zero attached hydrogens (tertiary/aromatic N) is 1. The Morgan fingerprint density at radius 3 is 3.20 bits per heavy atom. The summed E-state index contributed by atoms with van der Waals surface area (Å²) in [6.45, 7) is 0.0913. The van der Waals surface area contributed by atoms with Crippen LogP contribution < -0.4 is 10.5 Å². The fourth-order valence-electron chi connectivity index (χ4n) is 2.02. The van der Waals surface area contributed by atoms with Gasteiger partial charge in [-0.25, -0.2) is 0 Å². The lowest BCUT2D eigenvalue weighted by Crippen LogP contribution is -2.17. The van der Waals surface area contributed by atoms with E-state index in [1.54, 1.807) is 0 Å². The van der Waals surface area contributed by atoms with E-state index in [1.165, 1.54) is 11.1 Å². The molecule has 0 amide bonds. The fraction of sp³-hybridized carbons (Fsp3) is 0.417. The summed E-state index contributed by atoms with van der Waals surface area (Å²) in [5.74, 6) is 0.743. The molecule has 3 nitrogen and oxygen atoms in total. The van der Waals surface area contributed by atoms with Gasteiger partial charge in [0.05, 0.1) is 0 Å². The Morgan fingerprint density at radius 1 is 1.53 bits per heavy atom. The minimum absolute atomic E-state index is 0.0913. The summed E-state index contributed by atoms with van der Waals surface area (Å²) in [6, 6.07) is 8.01. The van der Waals surface area contributed by atoms with E-state index >= 15 is 0 Å². The lowest BCUT2D eigenvalue weighted by Gasteiger charge is -2.22. The summed E-state index contributed by atoms with van der Waals surface area (Å²) in [5.41, 5.74) is 8.52. The first-order chi connectivity index (χ1) is 7.31. The molecule has 0 aromatic heterocycles. The van der Waals surface area contributed by atoms with Gasteiger partial charge < -0.3 is 10.5 Å². The highest BCUT2D eigenvalue weighted by molar-refractivity contribution is 5.39. The van der Waals surface area contributed by atoms with Crippen LogP contribution in [0.2, 0.25) is 0 Å². The van der Waals surface area contributed by atoms with Crippen LogP contribution in [0.15, 0.2) is 18.2 Å². The lowest BCUT2D eigenvalue weighted by molar-refractivity contribution is 0.366. The monoisotopic (exact) mass is 202 g/mol. The molecule has 1 aliphatic carbocycles. The molecule has 0 heterocycles. The van der Waals surface area contributed by atoms with E-state index in [0.29, 0.717) is 0 Å². The summed E-state index contributed by atoms with van der Waals surface area (Å²) in [5, 5.41) is 8.42. The van der Waals surface area contributed by atoms with Crippen LogP contribution in [0.4, 0.5) is 0 Å². The van der Waals surface area contributed by atoms with E-state index in [2.05, 4.69) is 6.07 Å². The summed E-state index contributed by atoms with van der Waals surface area (Å²) in [6.07, 6.45) is 3.29. The van der Waals surface area contributed by atoms with Gasteiger partial charge in [0.15, 0.2) is 6.61 Å². The van der Waals surface area contributed by atoms with E-state index in [4.69, 9.17) is 15.7 Å². The molecule has 0 spiro atoms. The second-order valence-corrected chi connectivity index (χ2v) is 3.81. The quantitative estimate of drug-likeness (QED) is 0.797. The average Bonchev–Trinajstić information content (AvgIpc) is 2.27. The third-order valence-electron chi connectivity index (χ3n) is 2.78. The smallest absolute Gasteiger partial charge is 0.174 e. The van der Waals surface area contributed by atoms with Crippen LogP contribution in [0.3, 0.4) is 0 Å². The summed E-state index contributed by atoms with van der Waals surface area (Å²) < 4.78 is 5.25. The number of hydrogen-bond acceptors (Lipinski definition) is 3. The molecule has 0 fully saturated rings. The van der Waals surface area contributed by atoms with Crippen molar-refractivity contribution in [3.63, 3.8) is 0 Å². The summed E-state index contributed by atoms with van der Waals surface area (Å²) in [4.78, 5) is 0. The number of aryl methyl sites for hydroxylation is 1. The molecule has 2 rings (SSSR count). The van der Waals surface area contributed by atoms with Crippen molar-refractivity contribution in [2.75, 3.05) is 6.61 Å². The highest BCUT2D eigenvalue weighted by Gasteiger charge is 2.16. The number of fused-ring (bicyclic) bond motifs is 1. The molecule has 0 aliphatic heterocycles. The Labute approximate surface area is 89.5 Å². The van der Waals surface area contributed by atoms with Gasteiger partial charge in [0.25, 0.3) is 0 Å². The minimum Gasteiger partial charge on any atom is -0.479 e. The van der Waals surface area contributed by atoms with Gasteiger partial charge in [-0.3, -0.25) is 0 Å². The van der Waals surface area contributed by atoms with Crippen molar-refractivity contribution in [3.8, 4) is 11.8 Å². The predicted molar refractivity (Wildman–Crippen MR) is 57.4 cm³/mol. The van der Waals surface area contributed by atoms with Crippen LogP contribution in [-0.4, -0.2) is 6.61 Å². The van der Waals surface area contributed by atoms with Gasteiger partial charge in [-0.05, 0) is 42.5 Å². The Kier molecular flexibility index (Phi) is 2.89. The van der Waals surface area contributed by atoms with Crippen molar-refractivity contribution in [2.24, 2.45) is 5.73 Å². The zero-order chi connectivity index (χ0) is 10.7. The maximum Gasteiger partial charge on any atom is 0.174 e. The maximum atomic E-state index is 8.42. The van der Waals surface area contributed by atoms with Crippen LogP contribution in [0.25, 0.3) is 0 Å². The molecule has 0 bridgehead atoms. The van der Waals surface area contributed by atoms with Crippen molar-refractivity contribution in [1.29, 1.82) is 5.26 Å². The van der Waals surface area contributed by atoms with Crippen molar-refractivity contribution >= 4 is 0 Å². The van der Waals surface area contributed by atoms with E-state index in [9.17, 15) is 0 Å². The SMILES string of the molecule is N#CCOc1ccc2c(c1)C(N)CCC2. The van der Waals surface area contributed by atoms with E-state index < -0.39 is 0 Å². The number of benzene rings is 1.